The third kappa shape index (κ3) is 3.64. The van der Waals surface area contributed by atoms with Crippen molar-refractivity contribution in [2.24, 2.45) is 5.10 Å². The number of methoxy groups -OCH3 is 1. The average molecular weight is 425 g/mol. The van der Waals surface area contributed by atoms with Gasteiger partial charge in [-0.15, -0.1) is 0 Å². The maximum Gasteiger partial charge on any atom is 0.240 e. The number of benzene rings is 3. The van der Waals surface area contributed by atoms with Crippen LogP contribution in [-0.4, -0.2) is 33.3 Å². The topological polar surface area (TPSA) is 59.7 Å². The Bertz CT molecular complexity index is 1290. The van der Waals surface area contributed by atoms with Crippen molar-refractivity contribution in [2.75, 3.05) is 7.11 Å². The van der Waals surface area contributed by atoms with Gasteiger partial charge in [0.1, 0.15) is 17.6 Å². The number of ether oxygens (including phenoxy) is 1. The van der Waals surface area contributed by atoms with Crippen LogP contribution >= 0.6 is 0 Å². The van der Waals surface area contributed by atoms with Crippen molar-refractivity contribution in [1.82, 2.24) is 14.6 Å². The van der Waals surface area contributed by atoms with E-state index in [9.17, 15) is 4.79 Å². The van der Waals surface area contributed by atoms with Gasteiger partial charge >= 0.3 is 0 Å². The summed E-state index contributed by atoms with van der Waals surface area (Å²) in [5.74, 6) is 1.53. The number of hydrogen-bond donors (Lipinski definition) is 0. The van der Waals surface area contributed by atoms with Crippen molar-refractivity contribution in [3.8, 4) is 5.75 Å². The van der Waals surface area contributed by atoms with E-state index in [0.29, 0.717) is 13.0 Å². The smallest absolute Gasteiger partial charge is 0.240 e. The van der Waals surface area contributed by atoms with Gasteiger partial charge in [-0.1, -0.05) is 42.5 Å². The number of para-hydroxylation sites is 2. The highest BCUT2D eigenvalue weighted by molar-refractivity contribution is 6.03. The molecule has 2 heterocycles. The Balaban J connectivity index is 1.56. The average Bonchev–Trinajstić information content (AvgIpc) is 3.42. The number of hydrazone groups is 1. The predicted molar refractivity (Wildman–Crippen MR) is 125 cm³/mol. The van der Waals surface area contributed by atoms with E-state index in [4.69, 9.17) is 14.8 Å². The first kappa shape index (κ1) is 20.0. The molecule has 0 saturated heterocycles. The van der Waals surface area contributed by atoms with Gasteiger partial charge in [-0.05, 0) is 47.5 Å². The van der Waals surface area contributed by atoms with Gasteiger partial charge in [0, 0.05) is 19.9 Å². The molecular weight excluding hydrogens is 400 g/mol. The van der Waals surface area contributed by atoms with Gasteiger partial charge in [0.25, 0.3) is 0 Å². The summed E-state index contributed by atoms with van der Waals surface area (Å²) < 4.78 is 7.48. The first-order valence-corrected chi connectivity index (χ1v) is 10.6. The SMILES string of the molecule is COc1ccc(C2=NN(C(C)=O)[C@@H](c3nc4ccccc4n3Cc3ccccc3)C2)cc1. The lowest BCUT2D eigenvalue weighted by molar-refractivity contribution is -0.130. The fourth-order valence-corrected chi connectivity index (χ4v) is 4.24. The minimum Gasteiger partial charge on any atom is -0.497 e. The third-order valence-electron chi connectivity index (χ3n) is 5.82. The lowest BCUT2D eigenvalue weighted by atomic mass is 10.0. The molecule has 4 aromatic rings. The minimum atomic E-state index is -0.263. The molecule has 1 aliphatic heterocycles. The van der Waals surface area contributed by atoms with Crippen LogP contribution in [0.15, 0.2) is 84.0 Å². The van der Waals surface area contributed by atoms with Gasteiger partial charge in [0.2, 0.25) is 5.91 Å². The maximum absolute atomic E-state index is 12.6. The summed E-state index contributed by atoms with van der Waals surface area (Å²) in [7, 11) is 1.65. The fourth-order valence-electron chi connectivity index (χ4n) is 4.24. The Morgan fingerprint density at radius 2 is 1.72 bits per heavy atom. The van der Waals surface area contributed by atoms with E-state index in [1.807, 2.05) is 60.7 Å². The lowest BCUT2D eigenvalue weighted by Gasteiger charge is -2.21. The van der Waals surface area contributed by atoms with Crippen LogP contribution in [-0.2, 0) is 11.3 Å². The number of fused-ring (bicyclic) bond motifs is 1. The molecule has 0 aliphatic carbocycles. The number of nitrogens with zero attached hydrogens (tertiary/aromatic N) is 4. The van der Waals surface area contributed by atoms with Gasteiger partial charge in [-0.2, -0.15) is 5.10 Å². The number of hydrogen-bond acceptors (Lipinski definition) is 4. The van der Waals surface area contributed by atoms with Crippen molar-refractivity contribution in [3.05, 3.63) is 95.8 Å². The van der Waals surface area contributed by atoms with Gasteiger partial charge in [0.05, 0.1) is 23.9 Å². The first-order valence-electron chi connectivity index (χ1n) is 10.6. The highest BCUT2D eigenvalue weighted by atomic mass is 16.5. The molecule has 32 heavy (non-hydrogen) atoms. The third-order valence-corrected chi connectivity index (χ3v) is 5.82. The zero-order chi connectivity index (χ0) is 22.1. The Morgan fingerprint density at radius 1 is 1.00 bits per heavy atom. The molecule has 1 aromatic heterocycles. The second-order valence-electron chi connectivity index (χ2n) is 7.89. The van der Waals surface area contributed by atoms with Gasteiger partial charge in [-0.25, -0.2) is 9.99 Å². The molecule has 0 unspecified atom stereocenters. The summed E-state index contributed by atoms with van der Waals surface area (Å²) >= 11 is 0. The second kappa shape index (κ2) is 8.30. The molecule has 0 fully saturated rings. The summed E-state index contributed by atoms with van der Waals surface area (Å²) in [5.41, 5.74) is 4.99. The van der Waals surface area contributed by atoms with Crippen LogP contribution < -0.4 is 4.74 Å². The van der Waals surface area contributed by atoms with E-state index >= 15 is 0 Å². The van der Waals surface area contributed by atoms with Crippen LogP contribution in [0.4, 0.5) is 0 Å². The molecule has 0 bridgehead atoms. The van der Waals surface area contributed by atoms with Crippen molar-refractivity contribution < 1.29 is 9.53 Å². The van der Waals surface area contributed by atoms with Gasteiger partial charge < -0.3 is 9.30 Å². The van der Waals surface area contributed by atoms with Crippen LogP contribution in [0.25, 0.3) is 11.0 Å². The first-order chi connectivity index (χ1) is 15.6. The van der Waals surface area contributed by atoms with E-state index in [1.165, 1.54) is 5.56 Å². The monoisotopic (exact) mass is 424 g/mol. The maximum atomic E-state index is 12.6. The Hall–Kier alpha value is -3.93. The molecule has 6 heteroatoms. The fraction of sp³-hybridized carbons (Fsp3) is 0.192. The molecule has 5 rings (SSSR count). The van der Waals surface area contributed by atoms with Crippen LogP contribution in [0.2, 0.25) is 0 Å². The zero-order valence-electron chi connectivity index (χ0n) is 18.1. The molecule has 1 amide bonds. The normalized spacial score (nSPS) is 15.8. The van der Waals surface area contributed by atoms with E-state index in [1.54, 1.807) is 19.0 Å². The molecule has 3 aromatic carbocycles. The Labute approximate surface area is 186 Å². The summed E-state index contributed by atoms with van der Waals surface area (Å²) in [6.45, 7) is 2.23. The van der Waals surface area contributed by atoms with Crippen molar-refractivity contribution in [3.63, 3.8) is 0 Å². The van der Waals surface area contributed by atoms with Crippen molar-refractivity contribution in [2.45, 2.75) is 25.9 Å². The molecule has 6 nitrogen and oxygen atoms in total. The minimum absolute atomic E-state index is 0.100. The molecule has 0 N–H and O–H groups in total. The summed E-state index contributed by atoms with van der Waals surface area (Å²) in [6, 6.07) is 25.9. The van der Waals surface area contributed by atoms with Crippen LogP contribution in [0.3, 0.4) is 0 Å². The number of carbonyl (C=O) groups excluding carboxylic acids is 1. The van der Waals surface area contributed by atoms with Crippen LogP contribution in [0, 0.1) is 0 Å². The summed E-state index contributed by atoms with van der Waals surface area (Å²) in [5, 5.41) is 6.27. The van der Waals surface area contributed by atoms with E-state index in [-0.39, 0.29) is 11.9 Å². The quantitative estimate of drug-likeness (QED) is 0.463. The number of imidazole rings is 1. The Kier molecular flexibility index (Phi) is 5.19. The van der Waals surface area contributed by atoms with E-state index < -0.39 is 0 Å². The standard InChI is InChI=1S/C26H24N4O2/c1-18(31)30-25(16-23(28-30)20-12-14-21(32-2)15-13-20)26-27-22-10-6-7-11-24(22)29(26)17-19-8-4-3-5-9-19/h3-15,25H,16-17H2,1-2H3/t25-/m1/s1. The number of rotatable bonds is 5. The molecule has 0 saturated carbocycles. The lowest BCUT2D eigenvalue weighted by Crippen LogP contribution is -2.27. The highest BCUT2D eigenvalue weighted by Crippen LogP contribution is 2.34. The zero-order valence-corrected chi connectivity index (χ0v) is 18.1. The van der Waals surface area contributed by atoms with Crippen LogP contribution in [0.5, 0.6) is 5.75 Å². The Morgan fingerprint density at radius 3 is 2.44 bits per heavy atom. The molecular formula is C26H24N4O2. The second-order valence-corrected chi connectivity index (χ2v) is 7.89. The van der Waals surface area contributed by atoms with Crippen LogP contribution in [0.1, 0.15) is 36.3 Å². The molecule has 160 valence electrons. The largest absolute Gasteiger partial charge is 0.497 e. The van der Waals surface area contributed by atoms with Gasteiger partial charge in [-0.3, -0.25) is 4.79 Å². The molecule has 0 radical (unpaired) electrons. The van der Waals surface area contributed by atoms with Gasteiger partial charge in [0.15, 0.2) is 0 Å². The van der Waals surface area contributed by atoms with Crippen molar-refractivity contribution >= 4 is 22.7 Å². The van der Waals surface area contributed by atoms with E-state index in [0.717, 1.165) is 33.9 Å². The van der Waals surface area contributed by atoms with E-state index in [2.05, 4.69) is 22.8 Å². The number of amides is 1. The van der Waals surface area contributed by atoms with Crippen molar-refractivity contribution in [1.29, 1.82) is 0 Å². The number of carbonyl (C=O) groups is 1. The molecule has 1 aliphatic rings. The molecule has 1 atom stereocenters. The summed E-state index contributed by atoms with van der Waals surface area (Å²) in [6.07, 6.45) is 0.601. The highest BCUT2D eigenvalue weighted by Gasteiger charge is 2.35. The molecule has 0 spiro atoms. The summed E-state index contributed by atoms with van der Waals surface area (Å²) in [4.78, 5) is 17.5. The number of aromatic nitrogens is 2. The predicted octanol–water partition coefficient (Wildman–Crippen LogP) is 4.79.